The van der Waals surface area contributed by atoms with E-state index in [0.717, 1.165) is 5.56 Å². The first kappa shape index (κ1) is 18.9. The quantitative estimate of drug-likeness (QED) is 0.595. The summed E-state index contributed by atoms with van der Waals surface area (Å²) in [5, 5.41) is 2.83. The summed E-state index contributed by atoms with van der Waals surface area (Å²) in [6.45, 7) is 2.52. The van der Waals surface area contributed by atoms with Gasteiger partial charge in [0.2, 0.25) is 10.0 Å². The number of ether oxygens (including phenoxy) is 1. The molecule has 8 heteroatoms. The predicted octanol–water partition coefficient (Wildman–Crippen LogP) is 0.701. The predicted molar refractivity (Wildman–Crippen MR) is 78.9 cm³/mol. The van der Waals surface area contributed by atoms with Crippen molar-refractivity contribution < 1.29 is 17.9 Å². The van der Waals surface area contributed by atoms with Gasteiger partial charge >= 0.3 is 5.97 Å². The summed E-state index contributed by atoms with van der Waals surface area (Å²) in [5.41, 5.74) is 0.828. The zero-order chi connectivity index (χ0) is 14.5. The summed E-state index contributed by atoms with van der Waals surface area (Å²) in [6.07, 6.45) is 0. The lowest BCUT2D eigenvalue weighted by molar-refractivity contribution is 0.0596. The van der Waals surface area contributed by atoms with Gasteiger partial charge in [0, 0.05) is 13.1 Å². The van der Waals surface area contributed by atoms with Gasteiger partial charge in [-0.2, -0.15) is 0 Å². The smallest absolute Gasteiger partial charge is 0.339 e. The number of rotatable bonds is 6. The van der Waals surface area contributed by atoms with Crippen LogP contribution in [0.4, 0.5) is 0 Å². The lowest BCUT2D eigenvalue weighted by Crippen LogP contribution is -2.31. The molecule has 0 saturated heterocycles. The van der Waals surface area contributed by atoms with Crippen molar-refractivity contribution >= 4 is 28.4 Å². The minimum atomic E-state index is -3.73. The first-order valence-corrected chi connectivity index (χ1v) is 7.24. The highest BCUT2D eigenvalue weighted by molar-refractivity contribution is 7.89. The van der Waals surface area contributed by atoms with Crippen LogP contribution in [-0.4, -0.2) is 41.6 Å². The number of nitrogens with one attached hydrogen (secondary N) is 2. The van der Waals surface area contributed by atoms with Crippen LogP contribution < -0.4 is 10.0 Å². The zero-order valence-corrected chi connectivity index (χ0v) is 13.2. The summed E-state index contributed by atoms with van der Waals surface area (Å²) in [4.78, 5) is 11.6. The third-order valence-electron chi connectivity index (χ3n) is 2.50. The van der Waals surface area contributed by atoms with E-state index in [1.165, 1.54) is 19.2 Å². The average molecular weight is 323 g/mol. The summed E-state index contributed by atoms with van der Waals surface area (Å²) in [6, 6.07) is 4.54. The van der Waals surface area contributed by atoms with Crippen molar-refractivity contribution in [1.82, 2.24) is 10.0 Å². The molecule has 0 atom stereocenters. The van der Waals surface area contributed by atoms with E-state index in [-0.39, 0.29) is 29.4 Å². The zero-order valence-electron chi connectivity index (χ0n) is 11.6. The number of likely N-dealkylation sites (N-methyl/N-ethyl adjacent to an activating group) is 1. The van der Waals surface area contributed by atoms with Gasteiger partial charge in [-0.05, 0) is 26.1 Å². The Labute approximate surface area is 125 Å². The third-order valence-corrected chi connectivity index (χ3v) is 4.02. The van der Waals surface area contributed by atoms with Crippen molar-refractivity contribution in [1.29, 1.82) is 0 Å². The Hall–Kier alpha value is -1.15. The van der Waals surface area contributed by atoms with Crippen LogP contribution >= 0.6 is 12.4 Å². The number of methoxy groups -OCH3 is 1. The van der Waals surface area contributed by atoms with Crippen LogP contribution in [0.1, 0.15) is 15.9 Å². The molecule has 0 aliphatic heterocycles. The molecule has 0 fully saturated rings. The Morgan fingerprint density at radius 1 is 1.30 bits per heavy atom. The largest absolute Gasteiger partial charge is 0.465 e. The summed E-state index contributed by atoms with van der Waals surface area (Å²) in [7, 11) is -0.786. The van der Waals surface area contributed by atoms with Crippen LogP contribution in [0.15, 0.2) is 23.1 Å². The van der Waals surface area contributed by atoms with Crippen molar-refractivity contribution in [3.05, 3.63) is 29.3 Å². The van der Waals surface area contributed by atoms with Crippen LogP contribution in [-0.2, 0) is 14.8 Å². The Morgan fingerprint density at radius 3 is 2.50 bits per heavy atom. The van der Waals surface area contributed by atoms with Crippen LogP contribution in [0.5, 0.6) is 0 Å². The van der Waals surface area contributed by atoms with Gasteiger partial charge in [-0.15, -0.1) is 12.4 Å². The molecule has 0 spiro atoms. The highest BCUT2D eigenvalue weighted by atomic mass is 35.5. The molecule has 0 aromatic heterocycles. The molecular formula is C12H19ClN2O4S. The lowest BCUT2D eigenvalue weighted by atomic mass is 10.1. The van der Waals surface area contributed by atoms with Crippen LogP contribution in [0, 0.1) is 6.92 Å². The molecule has 6 nitrogen and oxygen atoms in total. The normalized spacial score (nSPS) is 10.8. The molecule has 1 aromatic rings. The maximum Gasteiger partial charge on any atom is 0.339 e. The molecule has 0 saturated carbocycles. The molecule has 1 aromatic carbocycles. The topological polar surface area (TPSA) is 84.5 Å². The molecule has 1 rings (SSSR count). The van der Waals surface area contributed by atoms with E-state index >= 15 is 0 Å². The van der Waals surface area contributed by atoms with Gasteiger partial charge < -0.3 is 10.1 Å². The molecule has 0 heterocycles. The van der Waals surface area contributed by atoms with E-state index in [9.17, 15) is 13.2 Å². The second kappa shape index (κ2) is 8.21. The fourth-order valence-corrected chi connectivity index (χ4v) is 2.74. The van der Waals surface area contributed by atoms with Gasteiger partial charge in [0.05, 0.1) is 17.6 Å². The minimum Gasteiger partial charge on any atom is -0.465 e. The van der Waals surface area contributed by atoms with Crippen LogP contribution in [0.3, 0.4) is 0 Å². The minimum absolute atomic E-state index is 0. The van der Waals surface area contributed by atoms with E-state index in [0.29, 0.717) is 6.54 Å². The Balaban J connectivity index is 0.00000361. The molecule has 0 amide bonds. The fraction of sp³-hybridized carbons (Fsp3) is 0.417. The van der Waals surface area contributed by atoms with E-state index in [4.69, 9.17) is 0 Å². The SMILES string of the molecule is CNCCNS(=O)(=O)c1ccc(C)cc1C(=O)OC.Cl. The van der Waals surface area contributed by atoms with E-state index < -0.39 is 16.0 Å². The highest BCUT2D eigenvalue weighted by Gasteiger charge is 2.22. The van der Waals surface area contributed by atoms with Crippen molar-refractivity contribution in [2.45, 2.75) is 11.8 Å². The number of carbonyl (C=O) groups is 1. The highest BCUT2D eigenvalue weighted by Crippen LogP contribution is 2.18. The van der Waals surface area contributed by atoms with E-state index in [1.807, 2.05) is 0 Å². The second-order valence-electron chi connectivity index (χ2n) is 3.99. The first-order valence-electron chi connectivity index (χ1n) is 5.75. The van der Waals surface area contributed by atoms with Crippen LogP contribution in [0.25, 0.3) is 0 Å². The molecule has 0 radical (unpaired) electrons. The van der Waals surface area contributed by atoms with E-state index in [1.54, 1.807) is 20.0 Å². The monoisotopic (exact) mass is 322 g/mol. The van der Waals surface area contributed by atoms with Crippen LogP contribution in [0.2, 0.25) is 0 Å². The number of esters is 1. The summed E-state index contributed by atoms with van der Waals surface area (Å²) in [5.74, 6) is -0.669. The number of halogens is 1. The van der Waals surface area contributed by atoms with Gasteiger partial charge in [0.15, 0.2) is 0 Å². The Kier molecular flexibility index (Phi) is 7.74. The average Bonchev–Trinajstić information content (AvgIpc) is 2.37. The molecule has 114 valence electrons. The van der Waals surface area contributed by atoms with Crippen molar-refractivity contribution in [2.75, 3.05) is 27.2 Å². The molecule has 2 N–H and O–H groups in total. The van der Waals surface area contributed by atoms with Gasteiger partial charge in [0.1, 0.15) is 0 Å². The second-order valence-corrected chi connectivity index (χ2v) is 5.73. The fourth-order valence-electron chi connectivity index (χ4n) is 1.54. The summed E-state index contributed by atoms with van der Waals surface area (Å²) >= 11 is 0. The molecule has 0 aliphatic carbocycles. The van der Waals surface area contributed by atoms with Gasteiger partial charge in [-0.1, -0.05) is 11.6 Å². The Bertz CT molecular complexity index is 561. The first-order chi connectivity index (χ1) is 8.92. The van der Waals surface area contributed by atoms with E-state index in [2.05, 4.69) is 14.8 Å². The number of hydrogen-bond acceptors (Lipinski definition) is 5. The van der Waals surface area contributed by atoms with Gasteiger partial charge in [-0.25, -0.2) is 17.9 Å². The van der Waals surface area contributed by atoms with Gasteiger partial charge in [-0.3, -0.25) is 0 Å². The third kappa shape index (κ3) is 4.75. The molecule has 0 bridgehead atoms. The molecular weight excluding hydrogens is 304 g/mol. The lowest BCUT2D eigenvalue weighted by Gasteiger charge is -2.11. The standard InChI is InChI=1S/C12H18N2O4S.ClH/c1-9-4-5-11(10(8-9)12(15)18-3)19(16,17)14-7-6-13-2;/h4-5,8,13-14H,6-7H2,1-3H3;1H. The van der Waals surface area contributed by atoms with Gasteiger partial charge in [0.25, 0.3) is 0 Å². The number of sulfonamides is 1. The number of aryl methyl sites for hydroxylation is 1. The molecule has 0 aliphatic rings. The number of carbonyl (C=O) groups excluding carboxylic acids is 1. The molecule has 0 unspecified atom stereocenters. The Morgan fingerprint density at radius 2 is 1.95 bits per heavy atom. The van der Waals surface area contributed by atoms with Crippen molar-refractivity contribution in [2.24, 2.45) is 0 Å². The number of hydrogen-bond donors (Lipinski definition) is 2. The molecule has 20 heavy (non-hydrogen) atoms. The maximum atomic E-state index is 12.1. The summed E-state index contributed by atoms with van der Waals surface area (Å²) < 4.78 is 31.3. The van der Waals surface area contributed by atoms with Crippen molar-refractivity contribution in [3.8, 4) is 0 Å². The number of benzene rings is 1. The van der Waals surface area contributed by atoms with Crippen molar-refractivity contribution in [3.63, 3.8) is 0 Å². The maximum absolute atomic E-state index is 12.1.